The Hall–Kier alpha value is -0.0800. The highest BCUT2D eigenvalue weighted by molar-refractivity contribution is 4.62. The Morgan fingerprint density at radius 1 is 1.36 bits per heavy atom. The van der Waals surface area contributed by atoms with Crippen LogP contribution < -0.4 is 5.73 Å². The van der Waals surface area contributed by atoms with E-state index in [0.29, 0.717) is 12.0 Å². The van der Waals surface area contributed by atoms with Crippen molar-refractivity contribution in [3.63, 3.8) is 0 Å². The summed E-state index contributed by atoms with van der Waals surface area (Å²) in [4.78, 5) is 0. The van der Waals surface area contributed by atoms with Gasteiger partial charge in [0.25, 0.3) is 0 Å². The topological polar surface area (TPSA) is 35.2 Å². The van der Waals surface area contributed by atoms with Crippen molar-refractivity contribution >= 4 is 0 Å². The molecular weight excluding hydrogens is 138 g/mol. The molecule has 0 rings (SSSR count). The minimum absolute atomic E-state index is 0.321. The molecule has 0 aromatic carbocycles. The molecule has 0 spiro atoms. The van der Waals surface area contributed by atoms with Gasteiger partial charge in [0.15, 0.2) is 0 Å². The van der Waals surface area contributed by atoms with Crippen LogP contribution in [0.1, 0.15) is 33.6 Å². The van der Waals surface area contributed by atoms with Crippen LogP contribution in [0.15, 0.2) is 0 Å². The molecule has 0 heterocycles. The monoisotopic (exact) mass is 159 g/mol. The standard InChI is InChI=1S/C9H21NO/c1-4-11-6-5-9(10)7-8(2)3/h8-9H,4-7,10H2,1-3H3/t9-/m0/s1. The van der Waals surface area contributed by atoms with Crippen molar-refractivity contribution in [1.29, 1.82) is 0 Å². The van der Waals surface area contributed by atoms with Gasteiger partial charge in [-0.05, 0) is 25.7 Å². The fourth-order valence-corrected chi connectivity index (χ4v) is 1.10. The molecule has 2 N–H and O–H groups in total. The van der Waals surface area contributed by atoms with Gasteiger partial charge in [-0.15, -0.1) is 0 Å². The molecule has 2 nitrogen and oxygen atoms in total. The largest absolute Gasteiger partial charge is 0.382 e. The van der Waals surface area contributed by atoms with Crippen molar-refractivity contribution in [2.75, 3.05) is 13.2 Å². The van der Waals surface area contributed by atoms with E-state index >= 15 is 0 Å². The summed E-state index contributed by atoms with van der Waals surface area (Å²) in [6, 6.07) is 0.321. The van der Waals surface area contributed by atoms with Crippen LogP contribution in [0.3, 0.4) is 0 Å². The molecule has 0 aliphatic heterocycles. The molecule has 0 aliphatic carbocycles. The molecule has 0 unspecified atom stereocenters. The lowest BCUT2D eigenvalue weighted by atomic mass is 10.0. The molecule has 2 heteroatoms. The summed E-state index contributed by atoms with van der Waals surface area (Å²) in [6.45, 7) is 8.01. The maximum atomic E-state index is 5.84. The number of hydrogen-bond acceptors (Lipinski definition) is 2. The van der Waals surface area contributed by atoms with Crippen LogP contribution >= 0.6 is 0 Å². The van der Waals surface area contributed by atoms with Crippen molar-refractivity contribution < 1.29 is 4.74 Å². The summed E-state index contributed by atoms with van der Waals surface area (Å²) in [5, 5.41) is 0. The van der Waals surface area contributed by atoms with Gasteiger partial charge < -0.3 is 10.5 Å². The van der Waals surface area contributed by atoms with E-state index in [4.69, 9.17) is 10.5 Å². The van der Waals surface area contributed by atoms with Crippen LogP contribution in [0.4, 0.5) is 0 Å². The Morgan fingerprint density at radius 3 is 2.45 bits per heavy atom. The van der Waals surface area contributed by atoms with E-state index in [1.165, 1.54) is 0 Å². The van der Waals surface area contributed by atoms with Crippen LogP contribution in [0.25, 0.3) is 0 Å². The number of hydrogen-bond donors (Lipinski definition) is 1. The second-order valence-corrected chi connectivity index (χ2v) is 3.38. The highest BCUT2D eigenvalue weighted by atomic mass is 16.5. The Morgan fingerprint density at radius 2 is 2.00 bits per heavy atom. The highest BCUT2D eigenvalue weighted by Crippen LogP contribution is 2.05. The van der Waals surface area contributed by atoms with Gasteiger partial charge in [0.05, 0.1) is 0 Å². The maximum absolute atomic E-state index is 5.84. The van der Waals surface area contributed by atoms with Gasteiger partial charge >= 0.3 is 0 Å². The van der Waals surface area contributed by atoms with Gasteiger partial charge in [-0.1, -0.05) is 13.8 Å². The SMILES string of the molecule is CCOCC[C@H](N)CC(C)C. The van der Waals surface area contributed by atoms with E-state index in [2.05, 4.69) is 13.8 Å². The van der Waals surface area contributed by atoms with Gasteiger partial charge in [-0.25, -0.2) is 0 Å². The molecule has 1 atom stereocenters. The van der Waals surface area contributed by atoms with Gasteiger partial charge in [0, 0.05) is 19.3 Å². The quantitative estimate of drug-likeness (QED) is 0.600. The smallest absolute Gasteiger partial charge is 0.0480 e. The Labute approximate surface area is 70.1 Å². The lowest BCUT2D eigenvalue weighted by Gasteiger charge is -2.13. The van der Waals surface area contributed by atoms with Crippen LogP contribution in [0, 0.1) is 5.92 Å². The average molecular weight is 159 g/mol. The lowest BCUT2D eigenvalue weighted by Crippen LogP contribution is -2.23. The first-order valence-electron chi connectivity index (χ1n) is 4.50. The molecule has 0 radical (unpaired) electrons. The molecule has 0 saturated heterocycles. The van der Waals surface area contributed by atoms with Gasteiger partial charge in [-0.2, -0.15) is 0 Å². The van der Waals surface area contributed by atoms with E-state index in [1.54, 1.807) is 0 Å². The first-order chi connectivity index (χ1) is 5.16. The van der Waals surface area contributed by atoms with E-state index in [9.17, 15) is 0 Å². The Kier molecular flexibility index (Phi) is 6.57. The predicted octanol–water partition coefficient (Wildman–Crippen LogP) is 1.79. The molecule has 68 valence electrons. The molecule has 11 heavy (non-hydrogen) atoms. The molecule has 0 bridgehead atoms. The first-order valence-corrected chi connectivity index (χ1v) is 4.50. The maximum Gasteiger partial charge on any atom is 0.0480 e. The third-order valence-corrected chi connectivity index (χ3v) is 1.61. The van der Waals surface area contributed by atoms with Crippen LogP contribution in [0.2, 0.25) is 0 Å². The summed E-state index contributed by atoms with van der Waals surface area (Å²) >= 11 is 0. The van der Waals surface area contributed by atoms with Crippen molar-refractivity contribution in [1.82, 2.24) is 0 Å². The Balaban J connectivity index is 3.15. The van der Waals surface area contributed by atoms with E-state index in [0.717, 1.165) is 26.1 Å². The Bertz CT molecular complexity index is 83.6. The average Bonchev–Trinajstić information content (AvgIpc) is 1.86. The molecule has 0 aliphatic rings. The summed E-state index contributed by atoms with van der Waals surface area (Å²) in [7, 11) is 0. The van der Waals surface area contributed by atoms with Gasteiger partial charge in [0.1, 0.15) is 0 Å². The minimum Gasteiger partial charge on any atom is -0.382 e. The summed E-state index contributed by atoms with van der Waals surface area (Å²) in [6.07, 6.45) is 2.10. The zero-order valence-corrected chi connectivity index (χ0v) is 7.97. The summed E-state index contributed by atoms with van der Waals surface area (Å²) < 4.78 is 5.21. The van der Waals surface area contributed by atoms with Crippen LogP contribution in [0.5, 0.6) is 0 Å². The van der Waals surface area contributed by atoms with Crippen molar-refractivity contribution in [2.45, 2.75) is 39.7 Å². The zero-order valence-electron chi connectivity index (χ0n) is 7.97. The van der Waals surface area contributed by atoms with Gasteiger partial charge in [-0.3, -0.25) is 0 Å². The van der Waals surface area contributed by atoms with Crippen molar-refractivity contribution in [3.05, 3.63) is 0 Å². The fraction of sp³-hybridized carbons (Fsp3) is 1.00. The third-order valence-electron chi connectivity index (χ3n) is 1.61. The number of rotatable bonds is 6. The highest BCUT2D eigenvalue weighted by Gasteiger charge is 2.04. The normalized spacial score (nSPS) is 13.9. The number of nitrogens with two attached hydrogens (primary N) is 1. The third kappa shape index (κ3) is 7.82. The predicted molar refractivity (Wildman–Crippen MR) is 48.5 cm³/mol. The van der Waals surface area contributed by atoms with E-state index in [-0.39, 0.29) is 0 Å². The molecular formula is C9H21NO. The van der Waals surface area contributed by atoms with Crippen LogP contribution in [-0.2, 0) is 4.74 Å². The lowest BCUT2D eigenvalue weighted by molar-refractivity contribution is 0.138. The molecule has 0 aromatic heterocycles. The van der Waals surface area contributed by atoms with Crippen molar-refractivity contribution in [3.8, 4) is 0 Å². The van der Waals surface area contributed by atoms with E-state index in [1.807, 2.05) is 6.92 Å². The molecule has 0 aromatic rings. The second kappa shape index (κ2) is 6.62. The minimum atomic E-state index is 0.321. The molecule has 0 amide bonds. The summed E-state index contributed by atoms with van der Waals surface area (Å²) in [5.74, 6) is 0.701. The molecule has 0 saturated carbocycles. The van der Waals surface area contributed by atoms with Crippen LogP contribution in [-0.4, -0.2) is 19.3 Å². The first kappa shape index (κ1) is 10.9. The van der Waals surface area contributed by atoms with Gasteiger partial charge in [0.2, 0.25) is 0 Å². The summed E-state index contributed by atoms with van der Waals surface area (Å²) in [5.41, 5.74) is 5.84. The molecule has 0 fully saturated rings. The fourth-order valence-electron chi connectivity index (χ4n) is 1.10. The zero-order chi connectivity index (χ0) is 8.69. The second-order valence-electron chi connectivity index (χ2n) is 3.38. The number of ether oxygens (including phenoxy) is 1. The van der Waals surface area contributed by atoms with Crippen molar-refractivity contribution in [2.24, 2.45) is 11.7 Å². The van der Waals surface area contributed by atoms with E-state index < -0.39 is 0 Å².